The van der Waals surface area contributed by atoms with Crippen molar-refractivity contribution in [2.24, 2.45) is 5.92 Å². The lowest BCUT2D eigenvalue weighted by molar-refractivity contribution is -0.204. The van der Waals surface area contributed by atoms with Gasteiger partial charge in [0.1, 0.15) is 0 Å². The summed E-state index contributed by atoms with van der Waals surface area (Å²) in [7, 11) is -4.81. The van der Waals surface area contributed by atoms with Crippen molar-refractivity contribution in [1.82, 2.24) is 0 Å². The average Bonchev–Trinajstić information content (AvgIpc) is 3.06. The van der Waals surface area contributed by atoms with Crippen molar-refractivity contribution >= 4 is 27.0 Å². The molecule has 5 nitrogen and oxygen atoms in total. The molecule has 1 aliphatic heterocycles. The smallest absolute Gasteiger partial charge is 0.261 e. The Kier molecular flexibility index (Phi) is 16.5. The molecule has 1 heterocycles. The first-order valence-corrected chi connectivity index (χ1v) is 23.1. The molecule has 1 unspecified atom stereocenters. The number of rotatable bonds is 19. The lowest BCUT2D eigenvalue weighted by atomic mass is 9.97. The van der Waals surface area contributed by atoms with Crippen LogP contribution in [0, 0.1) is 17.2 Å². The first-order chi connectivity index (χ1) is 23.3. The maximum atomic E-state index is 9.53. The second-order valence-electron chi connectivity index (χ2n) is 16.2. The molecular weight excluding hydrogens is 639 g/mol. The second-order valence-corrected chi connectivity index (χ2v) is 25.9. The average molecular weight is 706 g/mol. The molecule has 3 rings (SSSR count). The lowest BCUT2D eigenvalue weighted by Crippen LogP contribution is -2.66. The zero-order valence-corrected chi connectivity index (χ0v) is 34.4. The fraction of sp³-hybridized carbons (Fsp3) is 0.643. The molecule has 2 aromatic rings. The predicted molar refractivity (Wildman–Crippen MR) is 210 cm³/mol. The Morgan fingerprint density at radius 2 is 1.45 bits per heavy atom. The molecule has 1 saturated heterocycles. The molecule has 0 saturated carbocycles. The summed E-state index contributed by atoms with van der Waals surface area (Å²) in [5.74, 6) is 0.200. The minimum Gasteiger partial charge on any atom is -0.407 e. The SMILES string of the molecule is CC(C)[Si](O[C@@H](/C=C/CCCO[Si](c1ccccc1)(c1ccccc1)C(C)(C)C)[C@@H](C[C@H](C)CC#N)OC1CCCCO1)(C(C)C)C(C)C. The van der Waals surface area contributed by atoms with Gasteiger partial charge < -0.3 is 18.3 Å². The number of hydrogen-bond donors (Lipinski definition) is 0. The maximum absolute atomic E-state index is 9.53. The summed E-state index contributed by atoms with van der Waals surface area (Å²) in [6.07, 6.45) is 10.1. The Balaban J connectivity index is 1.89. The number of unbranched alkanes of at least 4 members (excludes halogenated alkanes) is 1. The van der Waals surface area contributed by atoms with Crippen LogP contribution in [0.25, 0.3) is 0 Å². The molecule has 0 radical (unpaired) electrons. The van der Waals surface area contributed by atoms with E-state index in [4.69, 9.17) is 18.3 Å². The number of nitriles is 1. The van der Waals surface area contributed by atoms with Gasteiger partial charge >= 0.3 is 0 Å². The molecule has 0 aliphatic carbocycles. The molecule has 4 atom stereocenters. The summed E-state index contributed by atoms with van der Waals surface area (Å²) in [6.45, 7) is 24.6. The number of ether oxygens (including phenoxy) is 2. The summed E-state index contributed by atoms with van der Waals surface area (Å²) in [6, 6.07) is 24.1. The van der Waals surface area contributed by atoms with E-state index in [1.54, 1.807) is 0 Å². The van der Waals surface area contributed by atoms with Crippen molar-refractivity contribution in [3.63, 3.8) is 0 Å². The van der Waals surface area contributed by atoms with Crippen LogP contribution in [0.1, 0.15) is 114 Å². The van der Waals surface area contributed by atoms with Gasteiger partial charge in [-0.2, -0.15) is 5.26 Å². The molecule has 49 heavy (non-hydrogen) atoms. The van der Waals surface area contributed by atoms with Crippen LogP contribution >= 0.6 is 0 Å². The van der Waals surface area contributed by atoms with E-state index in [2.05, 4.69) is 148 Å². The van der Waals surface area contributed by atoms with Crippen molar-refractivity contribution in [2.75, 3.05) is 13.2 Å². The van der Waals surface area contributed by atoms with E-state index in [-0.39, 0.29) is 29.5 Å². The predicted octanol–water partition coefficient (Wildman–Crippen LogP) is 10.3. The number of nitrogens with zero attached hydrogens (tertiary/aromatic N) is 1. The van der Waals surface area contributed by atoms with Crippen LogP contribution in [-0.2, 0) is 18.3 Å². The summed E-state index contributed by atoms with van der Waals surface area (Å²) in [5, 5.41) is 12.1. The monoisotopic (exact) mass is 705 g/mol. The largest absolute Gasteiger partial charge is 0.407 e. The van der Waals surface area contributed by atoms with E-state index < -0.39 is 16.6 Å². The highest BCUT2D eigenvalue weighted by Crippen LogP contribution is 2.44. The third kappa shape index (κ3) is 10.7. The van der Waals surface area contributed by atoms with Crippen LogP contribution in [0.5, 0.6) is 0 Å². The first-order valence-electron chi connectivity index (χ1n) is 19.0. The third-order valence-electron chi connectivity index (χ3n) is 10.5. The van der Waals surface area contributed by atoms with Gasteiger partial charge in [0.05, 0.1) is 18.3 Å². The van der Waals surface area contributed by atoms with Gasteiger partial charge in [-0.1, -0.05) is 142 Å². The van der Waals surface area contributed by atoms with Gasteiger partial charge in [0.15, 0.2) is 6.29 Å². The van der Waals surface area contributed by atoms with Crippen molar-refractivity contribution in [1.29, 1.82) is 5.26 Å². The molecule has 272 valence electrons. The standard InChI is InChI=1S/C42H67NO4Si2/c1-33(2)48(34(3)4,35(5)6)47-39(40(32-36(7)28-29-43)46-41-27-19-21-30-44-41)26-18-13-20-31-45-49(42(8,9)10,37-22-14-11-15-23-37)38-24-16-12-17-25-38/h11-12,14-18,22-26,33-36,39-41H,13,19-21,27-28,30-32H2,1-10H3/b26-18+/t36-,39+,40-,41?/m1/s1. The minimum atomic E-state index is -2.57. The van der Waals surface area contributed by atoms with Crippen molar-refractivity contribution in [2.45, 2.75) is 154 Å². The van der Waals surface area contributed by atoms with E-state index in [1.807, 2.05) is 0 Å². The van der Waals surface area contributed by atoms with Gasteiger partial charge in [-0.25, -0.2) is 0 Å². The summed E-state index contributed by atoms with van der Waals surface area (Å²) >= 11 is 0. The molecule has 7 heteroatoms. The molecule has 2 aromatic carbocycles. The molecule has 0 amide bonds. The van der Waals surface area contributed by atoms with Crippen LogP contribution < -0.4 is 10.4 Å². The van der Waals surface area contributed by atoms with Crippen molar-refractivity contribution < 1.29 is 18.3 Å². The Morgan fingerprint density at radius 3 is 1.92 bits per heavy atom. The van der Waals surface area contributed by atoms with Crippen LogP contribution in [0.2, 0.25) is 21.7 Å². The Bertz CT molecular complexity index is 1220. The summed E-state index contributed by atoms with van der Waals surface area (Å²) < 4.78 is 27.6. The Labute approximate surface area is 302 Å². The first kappa shape index (κ1) is 41.4. The zero-order valence-electron chi connectivity index (χ0n) is 32.4. The van der Waals surface area contributed by atoms with Crippen LogP contribution in [0.3, 0.4) is 0 Å². The molecule has 0 aromatic heterocycles. The molecule has 0 N–H and O–H groups in total. The van der Waals surface area contributed by atoms with Gasteiger partial charge in [-0.05, 0) is 76.5 Å². The second kappa shape index (κ2) is 19.5. The lowest BCUT2D eigenvalue weighted by Gasteiger charge is -2.46. The van der Waals surface area contributed by atoms with Gasteiger partial charge in [0.25, 0.3) is 8.32 Å². The van der Waals surface area contributed by atoms with Gasteiger partial charge in [0, 0.05) is 19.6 Å². The van der Waals surface area contributed by atoms with E-state index in [0.29, 0.717) is 29.7 Å². The minimum absolute atomic E-state index is 0.0468. The van der Waals surface area contributed by atoms with Gasteiger partial charge in [-0.3, -0.25) is 0 Å². The highest BCUT2D eigenvalue weighted by molar-refractivity contribution is 6.99. The van der Waals surface area contributed by atoms with Crippen molar-refractivity contribution in [3.05, 3.63) is 72.8 Å². The highest BCUT2D eigenvalue weighted by Gasteiger charge is 2.50. The molecule has 0 spiro atoms. The van der Waals surface area contributed by atoms with Crippen LogP contribution in [0.15, 0.2) is 72.8 Å². The quantitative estimate of drug-likeness (QED) is 0.0827. The maximum Gasteiger partial charge on any atom is 0.261 e. The fourth-order valence-corrected chi connectivity index (χ4v) is 18.3. The van der Waals surface area contributed by atoms with E-state index in [0.717, 1.165) is 45.1 Å². The zero-order chi connectivity index (χ0) is 36.1. The molecule has 0 bridgehead atoms. The van der Waals surface area contributed by atoms with E-state index in [9.17, 15) is 5.26 Å². The van der Waals surface area contributed by atoms with Crippen molar-refractivity contribution in [3.8, 4) is 6.07 Å². The van der Waals surface area contributed by atoms with Gasteiger partial charge in [-0.15, -0.1) is 0 Å². The molecule has 1 fully saturated rings. The summed E-state index contributed by atoms with van der Waals surface area (Å²) in [5.41, 5.74) is 1.35. The number of allylic oxidation sites excluding steroid dienone is 1. The Hall–Kier alpha value is -2.06. The van der Waals surface area contributed by atoms with E-state index in [1.165, 1.54) is 10.4 Å². The molecule has 1 aliphatic rings. The van der Waals surface area contributed by atoms with Gasteiger partial charge in [0.2, 0.25) is 8.32 Å². The Morgan fingerprint density at radius 1 is 0.878 bits per heavy atom. The summed E-state index contributed by atoms with van der Waals surface area (Å²) in [4.78, 5) is 0. The third-order valence-corrected chi connectivity index (χ3v) is 21.7. The number of hydrogen-bond acceptors (Lipinski definition) is 5. The highest BCUT2D eigenvalue weighted by atomic mass is 28.4. The fourth-order valence-electron chi connectivity index (χ4n) is 8.22. The topological polar surface area (TPSA) is 60.7 Å². The molecular formula is C42H67NO4Si2. The normalized spacial score (nSPS) is 18.2. The van der Waals surface area contributed by atoms with Crippen LogP contribution in [-0.4, -0.2) is 48.3 Å². The number of benzene rings is 2. The van der Waals surface area contributed by atoms with Crippen LogP contribution in [0.4, 0.5) is 0 Å². The van der Waals surface area contributed by atoms with E-state index >= 15 is 0 Å².